The molecule has 4 rings (SSSR count). The molecule has 0 atom stereocenters. The number of halogens is 3. The molecule has 1 amide bonds. The summed E-state index contributed by atoms with van der Waals surface area (Å²) in [5, 5.41) is 2.63. The van der Waals surface area contributed by atoms with Crippen molar-refractivity contribution in [3.05, 3.63) is 87.9 Å². The minimum absolute atomic E-state index is 0.0446. The second kappa shape index (κ2) is 7.66. The Morgan fingerprint density at radius 3 is 2.37 bits per heavy atom. The van der Waals surface area contributed by atoms with E-state index in [2.05, 4.69) is 26.0 Å². The third-order valence-corrected chi connectivity index (χ3v) is 6.34. The van der Waals surface area contributed by atoms with Crippen molar-refractivity contribution >= 4 is 54.9 Å². The van der Waals surface area contributed by atoms with Crippen LogP contribution in [-0.2, 0) is 14.8 Å². The van der Waals surface area contributed by atoms with Gasteiger partial charge in [0.2, 0.25) is 0 Å². The van der Waals surface area contributed by atoms with Gasteiger partial charge in [-0.15, -0.1) is 0 Å². The Hall–Kier alpha value is -3.04. The van der Waals surface area contributed by atoms with Crippen LogP contribution in [0.5, 0.6) is 0 Å². The fourth-order valence-corrected chi connectivity index (χ4v) is 4.33. The highest BCUT2D eigenvalue weighted by atomic mass is 79.9. The molecule has 0 saturated heterocycles. The number of carbonyl (C=O) groups excluding carboxylic acids is 1. The van der Waals surface area contributed by atoms with Gasteiger partial charge < -0.3 is 5.32 Å². The lowest BCUT2D eigenvalue weighted by Crippen LogP contribution is -2.13. The van der Waals surface area contributed by atoms with E-state index in [0.29, 0.717) is 16.9 Å². The third kappa shape index (κ3) is 3.99. The summed E-state index contributed by atoms with van der Waals surface area (Å²) < 4.78 is 55.5. The first-order chi connectivity index (χ1) is 14.2. The number of fused-ring (bicyclic) bond motifs is 1. The number of hydrogen-bond donors (Lipinski definition) is 2. The summed E-state index contributed by atoms with van der Waals surface area (Å²) in [6.45, 7) is 0. The van der Waals surface area contributed by atoms with E-state index in [1.54, 1.807) is 24.3 Å². The lowest BCUT2D eigenvalue weighted by atomic mass is 10.0. The summed E-state index contributed by atoms with van der Waals surface area (Å²) in [5.74, 6) is -2.51. The van der Waals surface area contributed by atoms with Crippen LogP contribution < -0.4 is 10.0 Å². The number of amides is 1. The Morgan fingerprint density at radius 2 is 1.67 bits per heavy atom. The number of benzene rings is 3. The molecule has 0 fully saturated rings. The molecule has 1 aliphatic heterocycles. The molecule has 1 aliphatic rings. The monoisotopic (exact) mass is 490 g/mol. The number of nitrogens with one attached hydrogen (secondary N) is 2. The molecule has 1 heterocycles. The van der Waals surface area contributed by atoms with E-state index in [9.17, 15) is 22.0 Å². The van der Waals surface area contributed by atoms with E-state index in [-0.39, 0.29) is 16.0 Å². The molecule has 3 aromatic carbocycles. The van der Waals surface area contributed by atoms with Crippen molar-refractivity contribution in [1.82, 2.24) is 0 Å². The molecule has 0 spiro atoms. The normalized spacial score (nSPS) is 14.5. The van der Waals surface area contributed by atoms with Gasteiger partial charge in [0.25, 0.3) is 15.9 Å². The van der Waals surface area contributed by atoms with Crippen LogP contribution in [0.15, 0.2) is 70.0 Å². The first kappa shape index (κ1) is 20.2. The Balaban J connectivity index is 1.71. The largest absolute Gasteiger partial charge is 0.321 e. The summed E-state index contributed by atoms with van der Waals surface area (Å²) in [5.41, 5.74) is 1.58. The van der Waals surface area contributed by atoms with Crippen molar-refractivity contribution in [2.75, 3.05) is 10.0 Å². The summed E-state index contributed by atoms with van der Waals surface area (Å²) in [6.07, 6.45) is 1.38. The van der Waals surface area contributed by atoms with Crippen molar-refractivity contribution in [3.8, 4) is 0 Å². The molecular weight excluding hydrogens is 478 g/mol. The summed E-state index contributed by atoms with van der Waals surface area (Å²) in [6, 6.07) is 14.1. The molecule has 2 N–H and O–H groups in total. The Morgan fingerprint density at radius 1 is 0.933 bits per heavy atom. The van der Waals surface area contributed by atoms with Gasteiger partial charge in [0.1, 0.15) is 0 Å². The highest BCUT2D eigenvalue weighted by molar-refractivity contribution is 9.10. The van der Waals surface area contributed by atoms with Crippen LogP contribution in [0, 0.1) is 11.6 Å². The van der Waals surface area contributed by atoms with Crippen LogP contribution in [0.3, 0.4) is 0 Å². The van der Waals surface area contributed by atoms with Gasteiger partial charge in [-0.25, -0.2) is 17.2 Å². The van der Waals surface area contributed by atoms with Crippen molar-refractivity contribution in [2.45, 2.75) is 4.90 Å². The van der Waals surface area contributed by atoms with Gasteiger partial charge in [0.15, 0.2) is 11.6 Å². The van der Waals surface area contributed by atoms with Crippen LogP contribution in [0.2, 0.25) is 0 Å². The molecule has 0 saturated carbocycles. The van der Waals surface area contributed by atoms with Gasteiger partial charge in [-0.1, -0.05) is 22.0 Å². The fourth-order valence-electron chi connectivity index (χ4n) is 2.98. The number of anilines is 2. The fraction of sp³-hybridized carbons (Fsp3) is 0. The molecular formula is C21H13BrF2N2O3S. The van der Waals surface area contributed by atoms with Crippen molar-refractivity contribution in [3.63, 3.8) is 0 Å². The first-order valence-electron chi connectivity index (χ1n) is 8.64. The van der Waals surface area contributed by atoms with E-state index in [1.807, 2.05) is 0 Å². The van der Waals surface area contributed by atoms with Crippen molar-refractivity contribution in [1.29, 1.82) is 0 Å². The summed E-state index contributed by atoms with van der Waals surface area (Å²) in [7, 11) is -3.92. The summed E-state index contributed by atoms with van der Waals surface area (Å²) in [4.78, 5) is 12.3. The van der Waals surface area contributed by atoms with E-state index < -0.39 is 27.6 Å². The van der Waals surface area contributed by atoms with Gasteiger partial charge >= 0.3 is 0 Å². The summed E-state index contributed by atoms with van der Waals surface area (Å²) >= 11 is 3.28. The van der Waals surface area contributed by atoms with Gasteiger partial charge in [-0.2, -0.15) is 0 Å². The highest BCUT2D eigenvalue weighted by Gasteiger charge is 2.27. The average molecular weight is 491 g/mol. The lowest BCUT2D eigenvalue weighted by Gasteiger charge is -2.09. The van der Waals surface area contributed by atoms with Crippen LogP contribution >= 0.6 is 15.9 Å². The van der Waals surface area contributed by atoms with Crippen molar-refractivity contribution < 1.29 is 22.0 Å². The number of sulfonamides is 1. The zero-order valence-electron chi connectivity index (χ0n) is 15.1. The van der Waals surface area contributed by atoms with Gasteiger partial charge in [0, 0.05) is 27.0 Å². The zero-order chi connectivity index (χ0) is 21.5. The van der Waals surface area contributed by atoms with Crippen LogP contribution in [-0.4, -0.2) is 14.3 Å². The molecule has 0 aromatic heterocycles. The van der Waals surface area contributed by atoms with E-state index in [1.165, 1.54) is 30.3 Å². The molecule has 152 valence electrons. The minimum atomic E-state index is -3.92. The van der Waals surface area contributed by atoms with E-state index >= 15 is 0 Å². The minimum Gasteiger partial charge on any atom is -0.321 e. The molecule has 0 aliphatic carbocycles. The second-order valence-corrected chi connectivity index (χ2v) is 9.10. The Kier molecular flexibility index (Phi) is 5.17. The maximum absolute atomic E-state index is 13.5. The number of hydrogen-bond acceptors (Lipinski definition) is 3. The maximum atomic E-state index is 13.5. The standard InChI is InChI=1S/C21H13BrF2N2O3S/c22-13-2-4-14(5-3-13)26-30(28,29)15-6-8-20-16(11-15)17(21(27)25-20)9-12-1-7-18(23)19(24)10-12/h1-11,26H,(H,25,27). The predicted octanol–water partition coefficient (Wildman–Crippen LogP) is 5.02. The third-order valence-electron chi connectivity index (χ3n) is 4.44. The predicted molar refractivity (Wildman–Crippen MR) is 114 cm³/mol. The molecule has 5 nitrogen and oxygen atoms in total. The molecule has 0 bridgehead atoms. The van der Waals surface area contributed by atoms with E-state index in [4.69, 9.17) is 0 Å². The average Bonchev–Trinajstić information content (AvgIpc) is 3.01. The maximum Gasteiger partial charge on any atom is 0.261 e. The Labute approximate surface area is 179 Å². The van der Waals surface area contributed by atoms with Crippen LogP contribution in [0.4, 0.5) is 20.2 Å². The number of rotatable bonds is 4. The van der Waals surface area contributed by atoms with Gasteiger partial charge in [0.05, 0.1) is 4.90 Å². The molecule has 0 radical (unpaired) electrons. The van der Waals surface area contributed by atoms with Crippen LogP contribution in [0.1, 0.15) is 11.1 Å². The SMILES string of the molecule is O=C1Nc2ccc(S(=O)(=O)Nc3ccc(Br)cc3)cc2C1=Cc1ccc(F)c(F)c1. The molecule has 0 unspecified atom stereocenters. The molecule has 30 heavy (non-hydrogen) atoms. The highest BCUT2D eigenvalue weighted by Crippen LogP contribution is 2.35. The van der Waals surface area contributed by atoms with Gasteiger partial charge in [-0.3, -0.25) is 9.52 Å². The smallest absolute Gasteiger partial charge is 0.261 e. The second-order valence-electron chi connectivity index (χ2n) is 6.51. The lowest BCUT2D eigenvalue weighted by molar-refractivity contribution is -0.110. The molecule has 3 aromatic rings. The molecule has 9 heteroatoms. The first-order valence-corrected chi connectivity index (χ1v) is 10.9. The van der Waals surface area contributed by atoms with Crippen molar-refractivity contribution in [2.24, 2.45) is 0 Å². The van der Waals surface area contributed by atoms with Crippen LogP contribution in [0.25, 0.3) is 11.6 Å². The topological polar surface area (TPSA) is 75.3 Å². The van der Waals surface area contributed by atoms with Gasteiger partial charge in [-0.05, 0) is 66.2 Å². The number of carbonyl (C=O) groups is 1. The van der Waals surface area contributed by atoms with E-state index in [0.717, 1.165) is 16.6 Å². The quantitative estimate of drug-likeness (QED) is 0.504. The Bertz CT molecular complexity index is 1310. The zero-order valence-corrected chi connectivity index (χ0v) is 17.5.